The van der Waals surface area contributed by atoms with Gasteiger partial charge in [0.25, 0.3) is 11.8 Å². The molecule has 0 unspecified atom stereocenters. The van der Waals surface area contributed by atoms with Crippen molar-refractivity contribution in [1.82, 2.24) is 4.90 Å². The van der Waals surface area contributed by atoms with Crippen LogP contribution < -0.4 is 10.1 Å². The zero-order valence-electron chi connectivity index (χ0n) is 13.0. The number of rotatable bonds is 6. The predicted octanol–water partition coefficient (Wildman–Crippen LogP) is 0.278. The van der Waals surface area contributed by atoms with Crippen molar-refractivity contribution in [2.45, 2.75) is 0 Å². The minimum absolute atomic E-state index is 0.0102. The monoisotopic (exact) mass is 338 g/mol. The van der Waals surface area contributed by atoms with E-state index >= 15 is 0 Å². The van der Waals surface area contributed by atoms with Crippen molar-refractivity contribution >= 4 is 23.5 Å². The number of esters is 1. The summed E-state index contributed by atoms with van der Waals surface area (Å²) in [6.45, 7) is -0.546. The Balaban J connectivity index is 2.43. The Morgan fingerprint density at radius 2 is 2.04 bits per heavy atom. The molecule has 0 saturated carbocycles. The number of nitrogens with one attached hydrogen (secondary N) is 1. The molecular weight excluding hydrogens is 323 g/mol. The second-order valence-corrected chi connectivity index (χ2v) is 4.72. The van der Waals surface area contributed by atoms with E-state index in [2.05, 4.69) is 10.1 Å². The summed E-state index contributed by atoms with van der Waals surface area (Å²) in [5.74, 6) is -2.92. The van der Waals surface area contributed by atoms with Gasteiger partial charge in [0, 0.05) is 12.1 Å². The molecule has 0 atom stereocenters. The highest BCUT2D eigenvalue weighted by atomic mass is 19.1. The van der Waals surface area contributed by atoms with Gasteiger partial charge in [0.15, 0.2) is 0 Å². The zero-order valence-corrected chi connectivity index (χ0v) is 13.0. The van der Waals surface area contributed by atoms with Crippen LogP contribution in [0.15, 0.2) is 23.9 Å². The van der Waals surface area contributed by atoms with Crippen molar-refractivity contribution in [3.63, 3.8) is 0 Å². The summed E-state index contributed by atoms with van der Waals surface area (Å²) in [6.07, 6.45) is 1.02. The van der Waals surface area contributed by atoms with Gasteiger partial charge in [-0.3, -0.25) is 14.5 Å². The molecule has 2 amide bonds. The number of nitrogens with zero attached hydrogens (tertiary/aromatic N) is 1. The van der Waals surface area contributed by atoms with Crippen molar-refractivity contribution in [3.05, 3.63) is 35.3 Å². The van der Waals surface area contributed by atoms with E-state index in [1.165, 1.54) is 7.11 Å². The Labute approximate surface area is 136 Å². The lowest BCUT2D eigenvalue weighted by Gasteiger charge is -2.16. The molecule has 1 aliphatic rings. The summed E-state index contributed by atoms with van der Waals surface area (Å²) >= 11 is 0. The highest BCUT2D eigenvalue weighted by molar-refractivity contribution is 6.18. The van der Waals surface area contributed by atoms with Crippen molar-refractivity contribution in [2.75, 3.05) is 32.7 Å². The average Bonchev–Trinajstić information content (AvgIpc) is 2.83. The topological polar surface area (TPSA) is 105 Å². The van der Waals surface area contributed by atoms with Crippen LogP contribution in [0.1, 0.15) is 10.4 Å². The average molecular weight is 338 g/mol. The van der Waals surface area contributed by atoms with E-state index < -0.39 is 23.6 Å². The van der Waals surface area contributed by atoms with Crippen LogP contribution in [0.5, 0.6) is 5.75 Å². The van der Waals surface area contributed by atoms with Crippen LogP contribution in [0.25, 0.3) is 0 Å². The number of aliphatic hydroxyl groups is 1. The summed E-state index contributed by atoms with van der Waals surface area (Å²) < 4.78 is 23.2. The van der Waals surface area contributed by atoms with Crippen LogP contribution in [0.2, 0.25) is 0 Å². The highest BCUT2D eigenvalue weighted by Gasteiger charge is 2.32. The molecule has 0 fully saturated rings. The van der Waals surface area contributed by atoms with Gasteiger partial charge in [-0.25, -0.2) is 9.18 Å². The van der Waals surface area contributed by atoms with E-state index in [4.69, 9.17) is 9.84 Å². The van der Waals surface area contributed by atoms with Gasteiger partial charge in [-0.05, 0) is 6.07 Å². The molecule has 1 aliphatic heterocycles. The molecule has 0 spiro atoms. The smallest absolute Gasteiger partial charge is 0.340 e. The molecule has 2 rings (SSSR count). The summed E-state index contributed by atoms with van der Waals surface area (Å²) in [4.78, 5) is 36.6. The first-order valence-corrected chi connectivity index (χ1v) is 6.84. The minimum Gasteiger partial charge on any atom is -0.494 e. The van der Waals surface area contributed by atoms with E-state index in [1.807, 2.05) is 0 Å². The lowest BCUT2D eigenvalue weighted by molar-refractivity contribution is -0.137. The minimum atomic E-state index is -0.847. The molecule has 2 N–H and O–H groups in total. The molecule has 0 radical (unpaired) electrons. The molecule has 8 nitrogen and oxygen atoms in total. The molecule has 1 aromatic rings. The Morgan fingerprint density at radius 3 is 2.62 bits per heavy atom. The van der Waals surface area contributed by atoms with Gasteiger partial charge in [-0.15, -0.1) is 0 Å². The normalized spacial score (nSPS) is 13.8. The van der Waals surface area contributed by atoms with Gasteiger partial charge < -0.3 is 19.9 Å². The van der Waals surface area contributed by atoms with E-state index in [0.29, 0.717) is 0 Å². The van der Waals surface area contributed by atoms with E-state index in [1.54, 1.807) is 0 Å². The number of imide groups is 1. The number of carbonyl (C=O) groups excluding carboxylic acids is 3. The lowest BCUT2D eigenvalue weighted by atomic mass is 10.1. The maximum absolute atomic E-state index is 13.6. The second kappa shape index (κ2) is 7.09. The molecule has 1 heterocycles. The quantitative estimate of drug-likeness (QED) is 0.567. The third-order valence-electron chi connectivity index (χ3n) is 3.28. The fourth-order valence-corrected chi connectivity index (χ4v) is 2.19. The summed E-state index contributed by atoms with van der Waals surface area (Å²) in [7, 11) is 2.38. The second-order valence-electron chi connectivity index (χ2n) is 4.72. The number of benzene rings is 1. The molecule has 24 heavy (non-hydrogen) atoms. The number of hydrogen-bond acceptors (Lipinski definition) is 7. The Hall–Kier alpha value is -2.94. The van der Waals surface area contributed by atoms with Gasteiger partial charge in [-0.1, -0.05) is 0 Å². The molecule has 0 aromatic heterocycles. The molecule has 0 bridgehead atoms. The largest absolute Gasteiger partial charge is 0.494 e. The summed E-state index contributed by atoms with van der Waals surface area (Å²) in [5, 5.41) is 11.5. The van der Waals surface area contributed by atoms with Gasteiger partial charge in [0.05, 0.1) is 38.6 Å². The zero-order chi connectivity index (χ0) is 17.9. The van der Waals surface area contributed by atoms with Gasteiger partial charge in [-0.2, -0.15) is 0 Å². The number of amides is 2. The first-order chi connectivity index (χ1) is 11.4. The van der Waals surface area contributed by atoms with Crippen LogP contribution in [0, 0.1) is 5.82 Å². The number of ether oxygens (including phenoxy) is 2. The SMILES string of the molecule is COC(=O)c1cc(F)cc(OC)c1NC1=CC(=O)N(CCO)C1=O. The molecule has 1 aromatic carbocycles. The maximum Gasteiger partial charge on any atom is 0.340 e. The van der Waals surface area contributed by atoms with E-state index in [-0.39, 0.29) is 35.8 Å². The van der Waals surface area contributed by atoms with Crippen molar-refractivity contribution in [3.8, 4) is 5.75 Å². The van der Waals surface area contributed by atoms with Crippen LogP contribution in [0.4, 0.5) is 10.1 Å². The predicted molar refractivity (Wildman–Crippen MR) is 79.8 cm³/mol. The Bertz CT molecular complexity index is 731. The number of anilines is 1. The Morgan fingerprint density at radius 1 is 1.33 bits per heavy atom. The van der Waals surface area contributed by atoms with Crippen molar-refractivity contribution in [2.24, 2.45) is 0 Å². The van der Waals surface area contributed by atoms with E-state index in [0.717, 1.165) is 30.2 Å². The molecule has 0 saturated heterocycles. The number of hydrogen-bond donors (Lipinski definition) is 2. The van der Waals surface area contributed by atoms with Gasteiger partial charge >= 0.3 is 5.97 Å². The van der Waals surface area contributed by atoms with Gasteiger partial charge in [0.2, 0.25) is 0 Å². The third kappa shape index (κ3) is 3.20. The molecule has 128 valence electrons. The molecular formula is C15H15FN2O6. The number of halogens is 1. The first kappa shape index (κ1) is 17.4. The summed E-state index contributed by atoms with van der Waals surface area (Å²) in [6, 6.07) is 1.94. The first-order valence-electron chi connectivity index (χ1n) is 6.84. The maximum atomic E-state index is 13.6. The van der Waals surface area contributed by atoms with Crippen molar-refractivity contribution < 1.29 is 33.4 Å². The fourth-order valence-electron chi connectivity index (χ4n) is 2.19. The number of β-amino-alcohol motifs (C(OH)–C–C–N with tert-alkyl or cyclic N) is 1. The van der Waals surface area contributed by atoms with E-state index in [9.17, 15) is 18.8 Å². The van der Waals surface area contributed by atoms with Crippen molar-refractivity contribution in [1.29, 1.82) is 0 Å². The number of methoxy groups -OCH3 is 2. The van der Waals surface area contributed by atoms with Gasteiger partial charge in [0.1, 0.15) is 17.3 Å². The van der Waals surface area contributed by atoms with Crippen LogP contribution in [-0.2, 0) is 14.3 Å². The molecule has 0 aliphatic carbocycles. The summed E-state index contributed by atoms with van der Waals surface area (Å²) in [5.41, 5.74) is -0.344. The van der Waals surface area contributed by atoms with Crippen LogP contribution in [0.3, 0.4) is 0 Å². The fraction of sp³-hybridized carbons (Fsp3) is 0.267. The Kier molecular flexibility index (Phi) is 5.14. The van der Waals surface area contributed by atoms with Crippen LogP contribution >= 0.6 is 0 Å². The standard InChI is InChI=1S/C15H15FN2O6/c1-23-11-6-8(16)5-9(15(22)24-2)13(11)17-10-7-12(20)18(3-4-19)14(10)21/h5-7,17,19H,3-4H2,1-2H3. The molecule has 9 heteroatoms. The number of carbonyl (C=O) groups is 3. The highest BCUT2D eigenvalue weighted by Crippen LogP contribution is 2.32. The lowest BCUT2D eigenvalue weighted by Crippen LogP contribution is -2.34. The number of aliphatic hydroxyl groups excluding tert-OH is 1. The van der Waals surface area contributed by atoms with Crippen LogP contribution in [-0.4, -0.2) is 55.2 Å². The third-order valence-corrected chi connectivity index (χ3v) is 3.28.